The zero-order valence-corrected chi connectivity index (χ0v) is 43.8. The lowest BCUT2D eigenvalue weighted by atomic mass is 9.83. The number of Topliss-reactive ketones (excluding diaryl/α,β-unsaturated/α-hetero) is 1. The van der Waals surface area contributed by atoms with Crippen molar-refractivity contribution in [2.75, 3.05) is 19.8 Å². The summed E-state index contributed by atoms with van der Waals surface area (Å²) in [5.41, 5.74) is -8.88. The van der Waals surface area contributed by atoms with Crippen LogP contribution in [0.25, 0.3) is 5.76 Å². The minimum Gasteiger partial charge on any atom is -0.493 e. The average Bonchev–Trinajstić information content (AvgIpc) is 3.69. The monoisotopic (exact) mass is 1160 g/mol. The van der Waals surface area contributed by atoms with Crippen LogP contribution in [0.3, 0.4) is 0 Å². The van der Waals surface area contributed by atoms with Crippen molar-refractivity contribution < 1.29 is 102 Å². The summed E-state index contributed by atoms with van der Waals surface area (Å²) in [6.45, 7) is 15.2. The summed E-state index contributed by atoms with van der Waals surface area (Å²) < 4.78 is 235. The molecule has 9 rings (SSSR count). The second-order valence-corrected chi connectivity index (χ2v) is 23.4. The van der Waals surface area contributed by atoms with Crippen molar-refractivity contribution in [3.63, 3.8) is 0 Å². The van der Waals surface area contributed by atoms with E-state index < -0.39 is 125 Å². The number of hydrogen-bond acceptors (Lipinski definition) is 11. The van der Waals surface area contributed by atoms with Crippen LogP contribution in [0.15, 0.2) is 71.6 Å². The summed E-state index contributed by atoms with van der Waals surface area (Å²) in [6, 6.07) is 10.4. The Kier molecular flexibility index (Phi) is 17.4. The van der Waals surface area contributed by atoms with E-state index in [0.717, 1.165) is 24.3 Å². The SMILES string of the molecule is Cc1cc(C(C)(C)C)nc(C(C)(C)C)c1.O=C1CCOc2cc(F)cc(F)c21.O=S(=O)(OC1=CCOc2cc(F)cc(F)c21)C(F)(F)F.O=S(=O)(c1ccc([C@H]2CCOc3cc(F)cc(F)c32)c2c1[C@H](O)[C@H](F)C2)C(F)(F)F. The summed E-state index contributed by atoms with van der Waals surface area (Å²) in [4.78, 5) is 14.7. The average molecular weight is 1160 g/mol. The Balaban J connectivity index is 0.000000178. The second-order valence-electron chi connectivity index (χ2n) is 20.0. The number of fused-ring (bicyclic) bond motifs is 4. The first-order chi connectivity index (χ1) is 35.8. The maximum absolute atomic E-state index is 14.5. The lowest BCUT2D eigenvalue weighted by Crippen LogP contribution is -2.26. The van der Waals surface area contributed by atoms with Gasteiger partial charge < -0.3 is 23.5 Å². The number of aryl methyl sites for hydroxylation is 1. The molecule has 0 unspecified atom stereocenters. The molecule has 0 fully saturated rings. The molecule has 11 nitrogen and oxygen atoms in total. The molecule has 26 heteroatoms. The standard InChI is InChI=1S/C19H14F6O4S.C14H23N.C10H5F5O4S.C9H6F2O2/c20-8-5-12(21)16-10(3-4-29-14(16)6-8)9-1-2-15(30(27,28)19(23,24)25)17-11(9)7-13(22)18(17)26;1-10-8-11(13(2,3)4)15-12(9-10)14(5,6)7;11-5-3-6(12)9-7(1-2-18-8(9)4-5)19-20(16,17)10(13,14)15;10-5-3-6(11)9-7(12)1-2-13-8(9)4-5/h1-2,5-6,10,13,18,26H,3-4,7H2;8-9H,1-7H3;1,3-4H,2H2;3-4H,1-2H2/t10-,13-,18-;;;/m1.../s1. The molecular formula is C52H48F13NO10S2. The van der Waals surface area contributed by atoms with Gasteiger partial charge in [0.2, 0.25) is 0 Å². The first-order valence-electron chi connectivity index (χ1n) is 23.2. The first-order valence-corrected chi connectivity index (χ1v) is 26.1. The molecular weight excluding hydrogens is 1110 g/mol. The lowest BCUT2D eigenvalue weighted by molar-refractivity contribution is -0.0510. The van der Waals surface area contributed by atoms with Crippen molar-refractivity contribution in [1.82, 2.24) is 4.98 Å². The van der Waals surface area contributed by atoms with Crippen LogP contribution in [0.4, 0.5) is 57.1 Å². The molecule has 0 saturated carbocycles. The van der Waals surface area contributed by atoms with Gasteiger partial charge in [-0.1, -0.05) is 47.6 Å². The van der Waals surface area contributed by atoms with Crippen molar-refractivity contribution in [3.05, 3.63) is 152 Å². The minimum absolute atomic E-state index is 0.00810. The highest BCUT2D eigenvalue weighted by Gasteiger charge is 2.52. The Bertz CT molecular complexity index is 3360. The quantitative estimate of drug-likeness (QED) is 0.104. The topological polar surface area (TPSA) is 155 Å². The predicted octanol–water partition coefficient (Wildman–Crippen LogP) is 12.6. The molecule has 78 heavy (non-hydrogen) atoms. The number of alkyl halides is 7. The van der Waals surface area contributed by atoms with Gasteiger partial charge in [-0.2, -0.15) is 34.8 Å². The number of rotatable bonds is 4. The maximum Gasteiger partial charge on any atom is 0.534 e. The molecule has 1 aliphatic carbocycles. The van der Waals surface area contributed by atoms with E-state index in [9.17, 15) is 83.8 Å². The highest BCUT2D eigenvalue weighted by atomic mass is 32.2. The van der Waals surface area contributed by atoms with Crippen LogP contribution in [0.2, 0.25) is 0 Å². The Hall–Kier alpha value is -6.41. The summed E-state index contributed by atoms with van der Waals surface area (Å²) in [5, 5.41) is 10.1. The van der Waals surface area contributed by atoms with Crippen molar-refractivity contribution in [3.8, 4) is 17.2 Å². The van der Waals surface area contributed by atoms with Gasteiger partial charge in [-0.3, -0.25) is 9.78 Å². The molecule has 3 aliphatic heterocycles. The van der Waals surface area contributed by atoms with Crippen LogP contribution >= 0.6 is 0 Å². The number of ketones is 1. The molecule has 5 aromatic rings. The number of pyridine rings is 1. The van der Waals surface area contributed by atoms with E-state index >= 15 is 0 Å². The summed E-state index contributed by atoms with van der Waals surface area (Å²) in [5.74, 6) is -8.36. The molecule has 1 N–H and O–H groups in total. The second kappa shape index (κ2) is 22.4. The fraction of sp³-hybridized carbons (Fsp3) is 0.385. The number of sulfone groups is 1. The van der Waals surface area contributed by atoms with E-state index in [0.29, 0.717) is 30.3 Å². The Morgan fingerprint density at radius 1 is 0.654 bits per heavy atom. The highest BCUT2D eigenvalue weighted by molar-refractivity contribution is 7.92. The zero-order valence-electron chi connectivity index (χ0n) is 42.1. The maximum atomic E-state index is 14.5. The number of hydrogen-bond donors (Lipinski definition) is 1. The smallest absolute Gasteiger partial charge is 0.493 e. The predicted molar refractivity (Wildman–Crippen MR) is 255 cm³/mol. The highest BCUT2D eigenvalue weighted by Crippen LogP contribution is 2.49. The molecule has 424 valence electrons. The van der Waals surface area contributed by atoms with Crippen LogP contribution in [0.5, 0.6) is 17.2 Å². The molecule has 0 radical (unpaired) electrons. The normalized spacial score (nSPS) is 18.0. The van der Waals surface area contributed by atoms with E-state index in [-0.39, 0.29) is 76.4 Å². The number of ether oxygens (including phenoxy) is 3. The van der Waals surface area contributed by atoms with E-state index in [1.54, 1.807) is 0 Å². The van der Waals surface area contributed by atoms with E-state index in [1.165, 1.54) is 17.0 Å². The summed E-state index contributed by atoms with van der Waals surface area (Å²) in [7, 11) is -11.8. The Morgan fingerprint density at radius 2 is 1.17 bits per heavy atom. The molecule has 1 aromatic heterocycles. The van der Waals surface area contributed by atoms with Gasteiger partial charge in [0.25, 0.3) is 9.84 Å². The number of carbonyl (C=O) groups is 1. The molecule has 0 spiro atoms. The van der Waals surface area contributed by atoms with Gasteiger partial charge in [0.15, 0.2) is 11.5 Å². The van der Waals surface area contributed by atoms with Crippen molar-refractivity contribution in [2.45, 2.75) is 113 Å². The number of aliphatic hydroxyl groups is 1. The van der Waals surface area contributed by atoms with Gasteiger partial charge in [-0.25, -0.2) is 39.2 Å². The summed E-state index contributed by atoms with van der Waals surface area (Å²) in [6.07, 6.45) is -3.56. The first kappa shape index (κ1) is 60.8. The van der Waals surface area contributed by atoms with Crippen molar-refractivity contribution >= 4 is 31.5 Å². The van der Waals surface area contributed by atoms with Gasteiger partial charge in [0.05, 0.1) is 29.2 Å². The molecule has 0 bridgehead atoms. The number of carbonyl (C=O) groups excluding carboxylic acids is 1. The molecule has 0 saturated heterocycles. The number of halogens is 13. The number of aliphatic hydroxyl groups excluding tert-OH is 1. The fourth-order valence-corrected chi connectivity index (χ4v) is 9.86. The van der Waals surface area contributed by atoms with Crippen LogP contribution in [-0.2, 0) is 41.4 Å². The number of nitrogens with zero attached hydrogens (tertiary/aromatic N) is 1. The number of benzene rings is 4. The van der Waals surface area contributed by atoms with E-state index in [1.807, 2.05) is 0 Å². The van der Waals surface area contributed by atoms with E-state index in [2.05, 4.69) is 64.8 Å². The molecule has 4 heterocycles. The zero-order chi connectivity index (χ0) is 58.4. The lowest BCUT2D eigenvalue weighted by Gasteiger charge is -2.29. The molecule has 4 aromatic carbocycles. The third-order valence-electron chi connectivity index (χ3n) is 12.1. The van der Waals surface area contributed by atoms with Gasteiger partial charge in [0, 0.05) is 88.5 Å². The van der Waals surface area contributed by atoms with Gasteiger partial charge in [-0.15, -0.1) is 0 Å². The van der Waals surface area contributed by atoms with Crippen LogP contribution in [-0.4, -0.2) is 69.7 Å². The molecule has 4 aliphatic rings. The third kappa shape index (κ3) is 13.2. The molecule has 0 amide bonds. The van der Waals surface area contributed by atoms with Crippen LogP contribution in [0.1, 0.15) is 122 Å². The van der Waals surface area contributed by atoms with Crippen LogP contribution < -0.4 is 14.2 Å². The Morgan fingerprint density at radius 3 is 1.71 bits per heavy atom. The van der Waals surface area contributed by atoms with Gasteiger partial charge >= 0.3 is 21.1 Å². The fourth-order valence-electron chi connectivity index (χ4n) is 8.35. The van der Waals surface area contributed by atoms with Gasteiger partial charge in [0.1, 0.15) is 71.0 Å². The van der Waals surface area contributed by atoms with E-state index in [4.69, 9.17) is 19.2 Å². The molecule has 3 atom stereocenters. The van der Waals surface area contributed by atoms with Crippen molar-refractivity contribution in [2.24, 2.45) is 0 Å². The third-order valence-corrected chi connectivity index (χ3v) is 14.6. The Labute approximate surface area is 439 Å². The minimum atomic E-state index is -5.95. The van der Waals surface area contributed by atoms with Crippen LogP contribution in [0, 0.1) is 41.8 Å². The summed E-state index contributed by atoms with van der Waals surface area (Å²) >= 11 is 0. The largest absolute Gasteiger partial charge is 0.534 e. The number of aromatic nitrogens is 1. The van der Waals surface area contributed by atoms with Crippen molar-refractivity contribution in [1.29, 1.82) is 0 Å². The van der Waals surface area contributed by atoms with Gasteiger partial charge in [-0.05, 0) is 54.3 Å².